The lowest BCUT2D eigenvalue weighted by atomic mass is 10.1. The van der Waals surface area contributed by atoms with Gasteiger partial charge in [0.15, 0.2) is 0 Å². The molecule has 1 heterocycles. The van der Waals surface area contributed by atoms with Gasteiger partial charge in [-0.15, -0.1) is 0 Å². The first-order chi connectivity index (χ1) is 10.2. The summed E-state index contributed by atoms with van der Waals surface area (Å²) < 4.78 is 0. The zero-order valence-corrected chi connectivity index (χ0v) is 13.9. The predicted molar refractivity (Wildman–Crippen MR) is 89.3 cm³/mol. The molecule has 4 heteroatoms. The van der Waals surface area contributed by atoms with Crippen LogP contribution in [0.5, 0.6) is 0 Å². The van der Waals surface area contributed by atoms with Crippen molar-refractivity contribution in [1.82, 2.24) is 10.2 Å². The fourth-order valence-electron chi connectivity index (χ4n) is 2.86. The van der Waals surface area contributed by atoms with Crippen LogP contribution in [0.2, 0.25) is 0 Å². The summed E-state index contributed by atoms with van der Waals surface area (Å²) in [5.74, 6) is 0.174. The Hall–Kier alpha value is -0.610. The van der Waals surface area contributed by atoms with Gasteiger partial charge in [0.05, 0.1) is 6.54 Å². The van der Waals surface area contributed by atoms with Crippen LogP contribution in [0.25, 0.3) is 0 Å². The van der Waals surface area contributed by atoms with E-state index in [-0.39, 0.29) is 5.91 Å². The maximum Gasteiger partial charge on any atom is 0.234 e. The van der Waals surface area contributed by atoms with Gasteiger partial charge in [0.1, 0.15) is 0 Å². The average molecular weight is 297 g/mol. The van der Waals surface area contributed by atoms with Crippen LogP contribution in [-0.4, -0.2) is 43.0 Å². The van der Waals surface area contributed by atoms with Crippen molar-refractivity contribution in [3.8, 4) is 0 Å². The van der Waals surface area contributed by atoms with Gasteiger partial charge in [0, 0.05) is 25.7 Å². The number of rotatable bonds is 11. The van der Waals surface area contributed by atoms with E-state index < -0.39 is 0 Å². The Balaban J connectivity index is 1.87. The zero-order chi connectivity index (χ0) is 15.3. The van der Waals surface area contributed by atoms with E-state index in [1.165, 1.54) is 44.9 Å². The molecule has 1 aliphatic rings. The molecule has 21 heavy (non-hydrogen) atoms. The third kappa shape index (κ3) is 9.86. The summed E-state index contributed by atoms with van der Waals surface area (Å²) in [4.78, 5) is 14.0. The Morgan fingerprint density at radius 3 is 2.24 bits per heavy atom. The number of nitrogens with two attached hydrogens (primary N) is 1. The van der Waals surface area contributed by atoms with Gasteiger partial charge in [-0.2, -0.15) is 0 Å². The summed E-state index contributed by atoms with van der Waals surface area (Å²) in [6.45, 7) is 5.56. The van der Waals surface area contributed by atoms with Crippen molar-refractivity contribution in [3.63, 3.8) is 0 Å². The minimum atomic E-state index is 0.174. The molecule has 1 amide bonds. The molecule has 0 atom stereocenters. The molecule has 0 aromatic rings. The fraction of sp³-hybridized carbons (Fsp3) is 0.941. The lowest BCUT2D eigenvalue weighted by Gasteiger charge is -2.29. The van der Waals surface area contributed by atoms with E-state index in [1.807, 2.05) is 0 Å². The van der Waals surface area contributed by atoms with E-state index in [9.17, 15) is 4.79 Å². The highest BCUT2D eigenvalue weighted by Crippen LogP contribution is 2.08. The standard InChI is InChI=1S/C17H35N3O/c1-2-3-4-5-6-7-8-9-12-19-17(21)15-20-13-10-16(18)11-14-20/h16H,2-15,18H2,1H3,(H,19,21). The third-order valence-corrected chi connectivity index (χ3v) is 4.35. The second kappa shape index (κ2) is 12.0. The first-order valence-corrected chi connectivity index (χ1v) is 8.97. The maximum absolute atomic E-state index is 11.8. The molecule has 124 valence electrons. The van der Waals surface area contributed by atoms with Gasteiger partial charge < -0.3 is 11.1 Å². The minimum absolute atomic E-state index is 0.174. The maximum atomic E-state index is 11.8. The monoisotopic (exact) mass is 297 g/mol. The Morgan fingerprint density at radius 1 is 1.05 bits per heavy atom. The van der Waals surface area contributed by atoms with Crippen LogP contribution in [-0.2, 0) is 4.79 Å². The SMILES string of the molecule is CCCCCCCCCCNC(=O)CN1CCC(N)CC1. The van der Waals surface area contributed by atoms with Crippen LogP contribution >= 0.6 is 0 Å². The average Bonchev–Trinajstić information content (AvgIpc) is 2.48. The van der Waals surface area contributed by atoms with Gasteiger partial charge in [-0.25, -0.2) is 0 Å². The largest absolute Gasteiger partial charge is 0.355 e. The van der Waals surface area contributed by atoms with Crippen molar-refractivity contribution in [2.24, 2.45) is 5.73 Å². The van der Waals surface area contributed by atoms with E-state index >= 15 is 0 Å². The topological polar surface area (TPSA) is 58.4 Å². The number of unbranched alkanes of at least 4 members (excludes halogenated alkanes) is 7. The number of amides is 1. The van der Waals surface area contributed by atoms with Crippen molar-refractivity contribution in [3.05, 3.63) is 0 Å². The highest BCUT2D eigenvalue weighted by molar-refractivity contribution is 5.77. The van der Waals surface area contributed by atoms with Crippen molar-refractivity contribution in [1.29, 1.82) is 0 Å². The van der Waals surface area contributed by atoms with E-state index in [2.05, 4.69) is 17.1 Å². The molecule has 3 N–H and O–H groups in total. The lowest BCUT2D eigenvalue weighted by molar-refractivity contribution is -0.122. The van der Waals surface area contributed by atoms with E-state index in [4.69, 9.17) is 5.73 Å². The van der Waals surface area contributed by atoms with Crippen molar-refractivity contribution in [2.45, 2.75) is 77.2 Å². The second-order valence-electron chi connectivity index (χ2n) is 6.44. The molecule has 0 saturated carbocycles. The molecule has 4 nitrogen and oxygen atoms in total. The van der Waals surface area contributed by atoms with Crippen LogP contribution < -0.4 is 11.1 Å². The summed E-state index contributed by atoms with van der Waals surface area (Å²) in [6.07, 6.45) is 12.5. The highest BCUT2D eigenvalue weighted by atomic mass is 16.2. The first kappa shape index (κ1) is 18.4. The number of carbonyl (C=O) groups excluding carboxylic acids is 1. The van der Waals surface area contributed by atoms with Gasteiger partial charge in [-0.05, 0) is 19.3 Å². The first-order valence-electron chi connectivity index (χ1n) is 8.97. The molecule has 0 radical (unpaired) electrons. The number of hydrogen-bond donors (Lipinski definition) is 2. The van der Waals surface area contributed by atoms with Crippen molar-refractivity contribution >= 4 is 5.91 Å². The van der Waals surface area contributed by atoms with Crippen molar-refractivity contribution < 1.29 is 4.79 Å². The fourth-order valence-corrected chi connectivity index (χ4v) is 2.86. The van der Waals surface area contributed by atoms with Gasteiger partial charge in [0.25, 0.3) is 0 Å². The molecule has 1 aliphatic heterocycles. The Bertz CT molecular complexity index is 263. The normalized spacial score (nSPS) is 17.0. The van der Waals surface area contributed by atoms with Crippen LogP contribution in [0.4, 0.5) is 0 Å². The Labute approximate surface area is 130 Å². The summed E-state index contributed by atoms with van der Waals surface area (Å²) in [5.41, 5.74) is 5.87. The molecular weight excluding hydrogens is 262 g/mol. The summed E-state index contributed by atoms with van der Waals surface area (Å²) >= 11 is 0. The highest BCUT2D eigenvalue weighted by Gasteiger charge is 2.17. The zero-order valence-electron chi connectivity index (χ0n) is 13.9. The molecule has 0 aromatic heterocycles. The lowest BCUT2D eigenvalue weighted by Crippen LogP contribution is -2.44. The number of nitrogens with one attached hydrogen (secondary N) is 1. The number of hydrogen-bond acceptors (Lipinski definition) is 3. The van der Waals surface area contributed by atoms with Crippen molar-refractivity contribution in [2.75, 3.05) is 26.2 Å². The quantitative estimate of drug-likeness (QED) is 0.576. The summed E-state index contributed by atoms with van der Waals surface area (Å²) in [6, 6.07) is 0.335. The molecule has 1 rings (SSSR count). The predicted octanol–water partition coefficient (Wildman–Crippen LogP) is 2.67. The molecule has 0 aliphatic carbocycles. The number of nitrogens with zero attached hydrogens (tertiary/aromatic N) is 1. The van der Waals surface area contributed by atoms with Gasteiger partial charge in [-0.3, -0.25) is 9.69 Å². The van der Waals surface area contributed by atoms with E-state index in [0.717, 1.165) is 38.9 Å². The van der Waals surface area contributed by atoms with Crippen LogP contribution in [0.15, 0.2) is 0 Å². The Morgan fingerprint density at radius 2 is 1.62 bits per heavy atom. The smallest absolute Gasteiger partial charge is 0.234 e. The molecule has 1 fully saturated rings. The van der Waals surface area contributed by atoms with Crippen LogP contribution in [0.1, 0.15) is 71.1 Å². The summed E-state index contributed by atoms with van der Waals surface area (Å²) in [7, 11) is 0. The summed E-state index contributed by atoms with van der Waals surface area (Å²) in [5, 5.41) is 3.04. The van der Waals surface area contributed by atoms with Crippen LogP contribution in [0.3, 0.4) is 0 Å². The molecule has 0 unspecified atom stereocenters. The number of carbonyl (C=O) groups is 1. The molecule has 0 bridgehead atoms. The molecule has 0 aromatic carbocycles. The number of piperidine rings is 1. The number of likely N-dealkylation sites (tertiary alicyclic amines) is 1. The molecule has 0 spiro atoms. The van der Waals surface area contributed by atoms with Gasteiger partial charge in [-0.1, -0.05) is 51.9 Å². The minimum Gasteiger partial charge on any atom is -0.355 e. The van der Waals surface area contributed by atoms with Gasteiger partial charge in [0.2, 0.25) is 5.91 Å². The second-order valence-corrected chi connectivity index (χ2v) is 6.44. The van der Waals surface area contributed by atoms with E-state index in [1.54, 1.807) is 0 Å². The van der Waals surface area contributed by atoms with E-state index in [0.29, 0.717) is 12.6 Å². The van der Waals surface area contributed by atoms with Gasteiger partial charge >= 0.3 is 0 Å². The molecule has 1 saturated heterocycles. The third-order valence-electron chi connectivity index (χ3n) is 4.35. The Kier molecular flexibility index (Phi) is 10.5. The molecular formula is C17H35N3O. The van der Waals surface area contributed by atoms with Crippen LogP contribution in [0, 0.1) is 0 Å².